The highest BCUT2D eigenvalue weighted by Crippen LogP contribution is 2.41. The Morgan fingerprint density at radius 1 is 1.11 bits per heavy atom. The Kier molecular flexibility index (Phi) is 10.4. The number of hydrogen-bond acceptors (Lipinski definition) is 7. The van der Waals surface area contributed by atoms with Gasteiger partial charge in [0, 0.05) is 5.39 Å². The van der Waals surface area contributed by atoms with Gasteiger partial charge in [0.2, 0.25) is 5.91 Å². The molecule has 0 unspecified atom stereocenters. The molecule has 2 atom stereocenters. The first-order valence-corrected chi connectivity index (χ1v) is 14.1. The number of halogens is 8. The van der Waals surface area contributed by atoms with E-state index in [-0.39, 0.29) is 18.1 Å². The first kappa shape index (κ1) is 34.5. The summed E-state index contributed by atoms with van der Waals surface area (Å²) in [7, 11) is 0. The molecule has 0 aliphatic heterocycles. The van der Waals surface area contributed by atoms with E-state index in [1.54, 1.807) is 6.20 Å². The summed E-state index contributed by atoms with van der Waals surface area (Å²) in [5.41, 5.74) is 3.75. The van der Waals surface area contributed by atoms with Crippen molar-refractivity contribution >= 4 is 67.2 Å². The molecule has 1 amide bonds. The van der Waals surface area contributed by atoms with Crippen LogP contribution in [0.3, 0.4) is 0 Å². The van der Waals surface area contributed by atoms with Crippen molar-refractivity contribution in [3.8, 4) is 11.1 Å². The average Bonchev–Trinajstić information content (AvgIpc) is 3.28. The number of anilines is 1. The summed E-state index contributed by atoms with van der Waals surface area (Å²) in [4.78, 5) is 34.8. The van der Waals surface area contributed by atoms with E-state index >= 15 is 4.39 Å². The molecule has 4 N–H and O–H groups in total. The normalized spacial score (nSPS) is 16.0. The maximum Gasteiger partial charge on any atom is 0.490 e. The highest BCUT2D eigenvalue weighted by atomic mass is 32.2. The van der Waals surface area contributed by atoms with Crippen molar-refractivity contribution < 1.29 is 59.7 Å². The van der Waals surface area contributed by atoms with Crippen molar-refractivity contribution in [1.29, 1.82) is 0 Å². The third-order valence-corrected chi connectivity index (χ3v) is 7.63. The number of carboxylic acids is 2. The molecule has 0 radical (unpaired) electrons. The van der Waals surface area contributed by atoms with Gasteiger partial charge in [0.05, 0.1) is 32.7 Å². The third kappa shape index (κ3) is 7.93. The highest BCUT2D eigenvalue weighted by molar-refractivity contribution is 7.98. The van der Waals surface area contributed by atoms with Gasteiger partial charge in [-0.25, -0.2) is 23.4 Å². The average molecular weight is 673 g/mol. The van der Waals surface area contributed by atoms with Gasteiger partial charge in [-0.05, 0) is 47.9 Å². The number of alkyl halides is 7. The van der Waals surface area contributed by atoms with Gasteiger partial charge in [0.25, 0.3) is 0 Å². The van der Waals surface area contributed by atoms with Crippen molar-refractivity contribution in [2.75, 3.05) is 11.6 Å². The molecule has 238 valence electrons. The van der Waals surface area contributed by atoms with Gasteiger partial charge in [0.15, 0.2) is 5.13 Å². The molecule has 0 spiro atoms. The Balaban J connectivity index is 0.000000317. The summed E-state index contributed by atoms with van der Waals surface area (Å²) >= 11 is 2.69. The second kappa shape index (κ2) is 13.3. The van der Waals surface area contributed by atoms with Crippen molar-refractivity contribution in [1.82, 2.24) is 15.2 Å². The molecule has 2 aromatic carbocycles. The summed E-state index contributed by atoms with van der Waals surface area (Å²) in [6.45, 7) is 1.94. The molecule has 5 rings (SSSR count). The number of rotatable bonds is 5. The van der Waals surface area contributed by atoms with Crippen LogP contribution in [-0.4, -0.2) is 68.0 Å². The summed E-state index contributed by atoms with van der Waals surface area (Å²) in [6, 6.07) is 5.72. The minimum Gasteiger partial charge on any atom is -0.475 e. The highest BCUT2D eigenvalue weighted by Gasteiger charge is 2.44. The lowest BCUT2D eigenvalue weighted by Gasteiger charge is -2.14. The Morgan fingerprint density at radius 2 is 1.68 bits per heavy atom. The van der Waals surface area contributed by atoms with E-state index in [4.69, 9.17) is 19.8 Å². The van der Waals surface area contributed by atoms with E-state index in [1.807, 2.05) is 31.4 Å². The SMILES string of the molecule is CCc1c(F)c(SC)c2[nH]ncc2c1-c1ccc2nc(NC(=O)[C@@H]3C[C@@H]3F)sc2c1.O=C(O)C(F)(F)F.O=C(O)C(F)(F)F. The van der Waals surface area contributed by atoms with Crippen LogP contribution in [0.15, 0.2) is 29.3 Å². The van der Waals surface area contributed by atoms with Crippen LogP contribution in [0.5, 0.6) is 0 Å². The number of nitrogens with zero attached hydrogens (tertiary/aromatic N) is 2. The predicted octanol–water partition coefficient (Wildman–Crippen LogP) is 6.83. The molecule has 9 nitrogen and oxygen atoms in total. The molecular formula is C25H20F8N4O5S2. The summed E-state index contributed by atoms with van der Waals surface area (Å²) in [5.74, 6) is -6.63. The van der Waals surface area contributed by atoms with Crippen LogP contribution in [0.1, 0.15) is 18.9 Å². The van der Waals surface area contributed by atoms with Crippen molar-refractivity contribution in [2.45, 2.75) is 43.2 Å². The fourth-order valence-corrected chi connectivity index (χ4v) is 5.36. The Labute approximate surface area is 249 Å². The molecule has 1 fully saturated rings. The zero-order valence-corrected chi connectivity index (χ0v) is 23.9. The Hall–Kier alpha value is -4.00. The number of H-pyrrole nitrogens is 1. The summed E-state index contributed by atoms with van der Waals surface area (Å²) in [6.07, 6.45) is -6.81. The maximum atomic E-state index is 15.2. The zero-order valence-electron chi connectivity index (χ0n) is 22.2. The van der Waals surface area contributed by atoms with Gasteiger partial charge in [0.1, 0.15) is 12.0 Å². The van der Waals surface area contributed by atoms with Crippen LogP contribution in [-0.2, 0) is 20.8 Å². The zero-order chi connectivity index (χ0) is 33.1. The molecular weight excluding hydrogens is 652 g/mol. The topological polar surface area (TPSA) is 145 Å². The number of carbonyl (C=O) groups is 3. The lowest BCUT2D eigenvalue weighted by atomic mass is 9.94. The van der Waals surface area contributed by atoms with E-state index in [2.05, 4.69) is 20.5 Å². The molecule has 44 heavy (non-hydrogen) atoms. The third-order valence-electron chi connectivity index (χ3n) is 5.90. The number of thioether (sulfide) groups is 1. The first-order valence-electron chi connectivity index (χ1n) is 12.1. The molecule has 19 heteroatoms. The maximum absolute atomic E-state index is 15.2. The van der Waals surface area contributed by atoms with Gasteiger partial charge in [-0.2, -0.15) is 31.4 Å². The van der Waals surface area contributed by atoms with Gasteiger partial charge < -0.3 is 15.5 Å². The Morgan fingerprint density at radius 3 is 2.16 bits per heavy atom. The smallest absolute Gasteiger partial charge is 0.475 e. The molecule has 0 saturated heterocycles. The molecule has 2 heterocycles. The number of aliphatic carboxylic acids is 2. The van der Waals surface area contributed by atoms with E-state index in [0.29, 0.717) is 27.5 Å². The number of amides is 1. The van der Waals surface area contributed by atoms with E-state index in [0.717, 1.165) is 26.7 Å². The number of thiazole rings is 1. The largest absolute Gasteiger partial charge is 0.490 e. The van der Waals surface area contributed by atoms with E-state index < -0.39 is 36.4 Å². The Bertz CT molecular complexity index is 1680. The first-order chi connectivity index (χ1) is 20.4. The monoisotopic (exact) mass is 672 g/mol. The lowest BCUT2D eigenvalue weighted by molar-refractivity contribution is -0.193. The lowest BCUT2D eigenvalue weighted by Crippen LogP contribution is -2.21. The fraction of sp³-hybridized carbons (Fsp3) is 0.320. The number of carboxylic acid groups (broad SMARTS) is 2. The quantitative estimate of drug-likeness (QED) is 0.133. The number of fused-ring (bicyclic) bond motifs is 2. The van der Waals surface area contributed by atoms with Gasteiger partial charge in [-0.15, -0.1) is 11.8 Å². The summed E-state index contributed by atoms with van der Waals surface area (Å²) in [5, 5.41) is 25.3. The van der Waals surface area contributed by atoms with E-state index in [9.17, 15) is 35.5 Å². The van der Waals surface area contributed by atoms with Crippen molar-refractivity contribution in [2.24, 2.45) is 5.92 Å². The van der Waals surface area contributed by atoms with Crippen LogP contribution in [0.2, 0.25) is 0 Å². The molecule has 1 aliphatic rings. The fourth-order valence-electron chi connectivity index (χ4n) is 3.79. The second-order valence-electron chi connectivity index (χ2n) is 8.87. The van der Waals surface area contributed by atoms with Crippen LogP contribution in [0.25, 0.3) is 32.2 Å². The molecule has 4 aromatic rings. The summed E-state index contributed by atoms with van der Waals surface area (Å²) < 4.78 is 92.7. The number of nitrogens with one attached hydrogen (secondary N) is 2. The van der Waals surface area contributed by atoms with Crippen LogP contribution < -0.4 is 5.32 Å². The molecule has 1 aliphatic carbocycles. The number of aromatic amines is 1. The molecule has 2 aromatic heterocycles. The van der Waals surface area contributed by atoms with Gasteiger partial charge in [-0.1, -0.05) is 24.3 Å². The van der Waals surface area contributed by atoms with Crippen LogP contribution in [0.4, 0.5) is 40.3 Å². The minimum atomic E-state index is -5.08. The minimum absolute atomic E-state index is 0.223. The van der Waals surface area contributed by atoms with Gasteiger partial charge >= 0.3 is 24.3 Å². The molecule has 0 bridgehead atoms. The standard InChI is InChI=1S/C21H18F2N4OS2.2C2HF3O2/c1-3-10-16(12-8-24-27-18(12)19(29-2)17(10)23)9-4-5-14-15(6-9)30-21(25-14)26-20(28)11-7-13(11)22;2*3-2(4,5)1(6)7/h4-6,8,11,13H,3,7H2,1-2H3,(H,24,27)(H,25,26,28);2*(H,6,7)/t11-,13+;;/m1../s1. The van der Waals surface area contributed by atoms with Gasteiger partial charge in [-0.3, -0.25) is 9.89 Å². The van der Waals surface area contributed by atoms with Crippen molar-refractivity contribution in [3.05, 3.63) is 35.8 Å². The second-order valence-corrected chi connectivity index (χ2v) is 10.7. The number of aromatic nitrogens is 3. The van der Waals surface area contributed by atoms with E-state index in [1.165, 1.54) is 23.1 Å². The number of carbonyl (C=O) groups excluding carboxylic acids is 1. The number of benzene rings is 2. The van der Waals surface area contributed by atoms with Crippen LogP contribution in [0, 0.1) is 11.7 Å². The van der Waals surface area contributed by atoms with Crippen molar-refractivity contribution in [3.63, 3.8) is 0 Å². The number of hydrogen-bond donors (Lipinski definition) is 4. The predicted molar refractivity (Wildman–Crippen MR) is 145 cm³/mol. The molecule has 1 saturated carbocycles. The van der Waals surface area contributed by atoms with Crippen LogP contribution >= 0.6 is 23.1 Å².